The average Bonchev–Trinajstić information content (AvgIpc) is 2.49. The van der Waals surface area contributed by atoms with Crippen molar-refractivity contribution >= 4 is 34.3 Å². The highest BCUT2D eigenvalue weighted by molar-refractivity contribution is 7.99. The molecule has 1 aromatic heterocycles. The van der Waals surface area contributed by atoms with Gasteiger partial charge in [0.05, 0.1) is 16.5 Å². The molecular weight excluding hydrogens is 306 g/mol. The van der Waals surface area contributed by atoms with E-state index in [1.54, 1.807) is 42.5 Å². The van der Waals surface area contributed by atoms with E-state index in [0.717, 1.165) is 10.3 Å². The van der Waals surface area contributed by atoms with Crippen LogP contribution in [0.5, 0.6) is 0 Å². The Morgan fingerprint density at radius 3 is 2.81 bits per heavy atom. The molecule has 2 aromatic carbocycles. The maximum absolute atomic E-state index is 12.0. The minimum atomic E-state index is -0.405. The van der Waals surface area contributed by atoms with E-state index in [4.69, 9.17) is 21.3 Å². The van der Waals surface area contributed by atoms with Crippen molar-refractivity contribution in [3.05, 3.63) is 69.5 Å². The van der Waals surface area contributed by atoms with Gasteiger partial charge in [-0.05, 0) is 42.5 Å². The van der Waals surface area contributed by atoms with Gasteiger partial charge in [0.15, 0.2) is 0 Å². The van der Waals surface area contributed by atoms with E-state index in [1.807, 2.05) is 6.07 Å². The van der Waals surface area contributed by atoms with Gasteiger partial charge in [-0.25, -0.2) is 4.79 Å². The summed E-state index contributed by atoms with van der Waals surface area (Å²) in [6.07, 6.45) is 0. The molecule has 102 valence electrons. The third kappa shape index (κ3) is 2.94. The molecular formula is C16H8ClNO2S. The lowest BCUT2D eigenvalue weighted by atomic mass is 10.2. The van der Waals surface area contributed by atoms with Gasteiger partial charge in [0.2, 0.25) is 0 Å². The Bertz CT molecular complexity index is 927. The summed E-state index contributed by atoms with van der Waals surface area (Å²) in [5.41, 5.74) is 0.643. The molecule has 0 fully saturated rings. The Morgan fingerprint density at radius 1 is 1.14 bits per heavy atom. The Kier molecular flexibility index (Phi) is 3.70. The molecule has 3 aromatic rings. The fourth-order valence-electron chi connectivity index (χ4n) is 1.90. The highest BCUT2D eigenvalue weighted by atomic mass is 35.5. The quantitative estimate of drug-likeness (QED) is 0.655. The lowest BCUT2D eigenvalue weighted by molar-refractivity contribution is 0.544. The average molecular weight is 314 g/mol. The van der Waals surface area contributed by atoms with E-state index in [0.29, 0.717) is 21.1 Å². The van der Waals surface area contributed by atoms with Crippen molar-refractivity contribution in [2.24, 2.45) is 0 Å². The summed E-state index contributed by atoms with van der Waals surface area (Å²) in [5, 5.41) is 10.2. The standard InChI is InChI=1S/C16H8ClNO2S/c17-12-4-5-14-11(7-12)8-15(16(19)20-14)21-13-3-1-2-10(6-13)9-18/h1-8H. The van der Waals surface area contributed by atoms with Gasteiger partial charge in [0, 0.05) is 15.3 Å². The van der Waals surface area contributed by atoms with Crippen molar-refractivity contribution in [2.75, 3.05) is 0 Å². The Morgan fingerprint density at radius 2 is 2.00 bits per heavy atom. The second-order valence-electron chi connectivity index (χ2n) is 4.32. The molecule has 0 N–H and O–H groups in total. The summed E-state index contributed by atoms with van der Waals surface area (Å²) < 4.78 is 5.28. The minimum absolute atomic E-state index is 0.405. The first-order chi connectivity index (χ1) is 10.2. The van der Waals surface area contributed by atoms with Crippen LogP contribution >= 0.6 is 23.4 Å². The van der Waals surface area contributed by atoms with E-state index in [9.17, 15) is 4.79 Å². The van der Waals surface area contributed by atoms with Gasteiger partial charge >= 0.3 is 5.63 Å². The van der Waals surface area contributed by atoms with Crippen molar-refractivity contribution < 1.29 is 4.42 Å². The molecule has 0 saturated heterocycles. The fraction of sp³-hybridized carbons (Fsp3) is 0. The minimum Gasteiger partial charge on any atom is -0.422 e. The van der Waals surface area contributed by atoms with E-state index in [2.05, 4.69) is 6.07 Å². The van der Waals surface area contributed by atoms with Crippen LogP contribution in [-0.4, -0.2) is 0 Å². The Balaban J connectivity index is 2.05. The summed E-state index contributed by atoms with van der Waals surface area (Å²) in [5.74, 6) is 0. The van der Waals surface area contributed by atoms with Gasteiger partial charge in [0.1, 0.15) is 5.58 Å². The lowest BCUT2D eigenvalue weighted by Gasteiger charge is -2.03. The molecule has 0 saturated carbocycles. The summed E-state index contributed by atoms with van der Waals surface area (Å²) in [6, 6.07) is 16.0. The number of nitrogens with zero attached hydrogens (tertiary/aromatic N) is 1. The molecule has 1 heterocycles. The van der Waals surface area contributed by atoms with Gasteiger partial charge < -0.3 is 4.42 Å². The maximum Gasteiger partial charge on any atom is 0.350 e. The number of fused-ring (bicyclic) bond motifs is 1. The van der Waals surface area contributed by atoms with Gasteiger partial charge in [-0.15, -0.1) is 0 Å². The molecule has 21 heavy (non-hydrogen) atoms. The summed E-state index contributed by atoms with van der Waals surface area (Å²) in [4.78, 5) is 13.3. The number of rotatable bonds is 2. The van der Waals surface area contributed by atoms with E-state index < -0.39 is 5.63 Å². The van der Waals surface area contributed by atoms with Crippen LogP contribution < -0.4 is 5.63 Å². The highest BCUT2D eigenvalue weighted by Crippen LogP contribution is 2.28. The molecule has 5 heteroatoms. The Labute approximate surface area is 129 Å². The molecule has 0 aliphatic carbocycles. The topological polar surface area (TPSA) is 54.0 Å². The van der Waals surface area contributed by atoms with Crippen molar-refractivity contribution in [3.8, 4) is 6.07 Å². The monoisotopic (exact) mass is 313 g/mol. The molecule has 0 unspecified atom stereocenters. The van der Waals surface area contributed by atoms with Gasteiger partial charge in [-0.2, -0.15) is 5.26 Å². The van der Waals surface area contributed by atoms with Gasteiger partial charge in [-0.3, -0.25) is 0 Å². The molecule has 0 amide bonds. The van der Waals surface area contributed by atoms with E-state index in [1.165, 1.54) is 11.8 Å². The van der Waals surface area contributed by atoms with Crippen LogP contribution in [0.2, 0.25) is 5.02 Å². The van der Waals surface area contributed by atoms with Crippen LogP contribution in [0.25, 0.3) is 11.0 Å². The first-order valence-corrected chi connectivity index (χ1v) is 7.26. The zero-order valence-electron chi connectivity index (χ0n) is 10.7. The molecule has 3 rings (SSSR count). The number of benzene rings is 2. The maximum atomic E-state index is 12.0. The van der Waals surface area contributed by atoms with Crippen LogP contribution in [0, 0.1) is 11.3 Å². The SMILES string of the molecule is N#Cc1cccc(Sc2cc3cc(Cl)ccc3oc2=O)c1. The summed E-state index contributed by atoms with van der Waals surface area (Å²) in [6.45, 7) is 0. The fourth-order valence-corrected chi connectivity index (χ4v) is 2.98. The Hall–Kier alpha value is -2.22. The number of halogens is 1. The lowest BCUT2D eigenvalue weighted by Crippen LogP contribution is -2.01. The number of hydrogen-bond donors (Lipinski definition) is 0. The van der Waals surface area contributed by atoms with Gasteiger partial charge in [-0.1, -0.05) is 29.4 Å². The largest absolute Gasteiger partial charge is 0.422 e. The second-order valence-corrected chi connectivity index (χ2v) is 5.87. The highest BCUT2D eigenvalue weighted by Gasteiger charge is 2.08. The molecule has 0 bridgehead atoms. The molecule has 0 radical (unpaired) electrons. The second kappa shape index (κ2) is 5.65. The zero-order chi connectivity index (χ0) is 14.8. The van der Waals surface area contributed by atoms with Crippen LogP contribution in [0.15, 0.2) is 67.5 Å². The van der Waals surface area contributed by atoms with Crippen LogP contribution in [0.1, 0.15) is 5.56 Å². The first-order valence-electron chi connectivity index (χ1n) is 6.07. The predicted octanol–water partition coefficient (Wildman–Crippen LogP) is 4.47. The summed E-state index contributed by atoms with van der Waals surface area (Å²) >= 11 is 7.21. The van der Waals surface area contributed by atoms with Crippen molar-refractivity contribution in [1.29, 1.82) is 5.26 Å². The van der Waals surface area contributed by atoms with Gasteiger partial charge in [0.25, 0.3) is 0 Å². The zero-order valence-corrected chi connectivity index (χ0v) is 12.2. The third-order valence-corrected chi connectivity index (χ3v) is 4.08. The summed E-state index contributed by atoms with van der Waals surface area (Å²) in [7, 11) is 0. The third-order valence-electron chi connectivity index (χ3n) is 2.85. The van der Waals surface area contributed by atoms with Crippen LogP contribution in [0.3, 0.4) is 0 Å². The number of hydrogen-bond acceptors (Lipinski definition) is 4. The smallest absolute Gasteiger partial charge is 0.350 e. The molecule has 0 spiro atoms. The molecule has 0 aliphatic heterocycles. The first kappa shape index (κ1) is 13.7. The molecule has 0 atom stereocenters. The molecule has 0 aliphatic rings. The molecule has 3 nitrogen and oxygen atoms in total. The van der Waals surface area contributed by atoms with Crippen LogP contribution in [0.4, 0.5) is 0 Å². The predicted molar refractivity (Wildman–Crippen MR) is 82.8 cm³/mol. The van der Waals surface area contributed by atoms with Crippen molar-refractivity contribution in [1.82, 2.24) is 0 Å². The van der Waals surface area contributed by atoms with Crippen molar-refractivity contribution in [2.45, 2.75) is 9.79 Å². The van der Waals surface area contributed by atoms with Crippen LogP contribution in [-0.2, 0) is 0 Å². The van der Waals surface area contributed by atoms with E-state index >= 15 is 0 Å². The van der Waals surface area contributed by atoms with Crippen molar-refractivity contribution in [3.63, 3.8) is 0 Å². The van der Waals surface area contributed by atoms with E-state index in [-0.39, 0.29) is 0 Å². The number of nitriles is 1. The normalized spacial score (nSPS) is 10.5.